The fraction of sp³-hybridized carbons (Fsp3) is 0.479. The minimum Gasteiger partial charge on any atom is -0.455 e. The van der Waals surface area contributed by atoms with Gasteiger partial charge in [-0.05, 0) is 111 Å². The number of aromatic amines is 1. The second-order valence-electron chi connectivity index (χ2n) is 19.0. The molecule has 0 unspecified atom stereocenters. The summed E-state index contributed by atoms with van der Waals surface area (Å²) >= 11 is 0. The Kier molecular flexibility index (Phi) is 11.5. The number of nitro groups is 1. The van der Waals surface area contributed by atoms with Gasteiger partial charge in [0.25, 0.3) is 15.9 Å². The van der Waals surface area contributed by atoms with Crippen LogP contribution in [0.25, 0.3) is 11.0 Å². The molecule has 1 spiro atoms. The van der Waals surface area contributed by atoms with E-state index in [4.69, 9.17) is 4.74 Å². The van der Waals surface area contributed by atoms with Gasteiger partial charge in [0.15, 0.2) is 0 Å². The summed E-state index contributed by atoms with van der Waals surface area (Å²) in [5.41, 5.74) is 4.41. The van der Waals surface area contributed by atoms with Crippen molar-refractivity contribution in [3.05, 3.63) is 106 Å². The normalized spacial score (nSPS) is 21.1. The lowest BCUT2D eigenvalue weighted by molar-refractivity contribution is -0.384. The van der Waals surface area contributed by atoms with E-state index < -0.39 is 31.4 Å². The third-order valence-electron chi connectivity index (χ3n) is 14.7. The molecule has 336 valence electrons. The van der Waals surface area contributed by atoms with Crippen molar-refractivity contribution in [2.45, 2.75) is 93.5 Å². The maximum Gasteiger partial charge on any atom is 0.312 e. The number of fused-ring (bicyclic) bond motifs is 1. The van der Waals surface area contributed by atoms with Crippen LogP contribution in [0.1, 0.15) is 104 Å². The highest BCUT2D eigenvalue weighted by Gasteiger charge is 2.50. The summed E-state index contributed by atoms with van der Waals surface area (Å²) in [5.74, 6) is 0.662. The molecule has 3 aliphatic carbocycles. The molecule has 16 heteroatoms. The van der Waals surface area contributed by atoms with E-state index in [0.717, 1.165) is 94.6 Å². The Morgan fingerprint density at radius 1 is 0.938 bits per heavy atom. The molecular weight excluding hydrogens is 831 g/mol. The Bertz CT molecular complexity index is 2650. The summed E-state index contributed by atoms with van der Waals surface area (Å²) in [6.07, 6.45) is 16.9. The molecule has 5 aromatic rings. The van der Waals surface area contributed by atoms with Gasteiger partial charge >= 0.3 is 5.69 Å². The van der Waals surface area contributed by atoms with Crippen molar-refractivity contribution < 1.29 is 22.9 Å². The number of hydrogen-bond acceptors (Lipinski definition) is 12. The Balaban J connectivity index is 0.844. The molecule has 3 saturated carbocycles. The summed E-state index contributed by atoms with van der Waals surface area (Å²) < 4.78 is 35.9. The summed E-state index contributed by atoms with van der Waals surface area (Å²) in [6, 6.07) is 19.9. The zero-order valence-electron chi connectivity index (χ0n) is 36.4. The Morgan fingerprint density at radius 3 is 2.48 bits per heavy atom. The highest BCUT2D eigenvalue weighted by molar-refractivity contribution is 7.90. The van der Waals surface area contributed by atoms with Gasteiger partial charge in [0, 0.05) is 80.8 Å². The van der Waals surface area contributed by atoms with Crippen LogP contribution in [-0.4, -0.2) is 96.4 Å². The van der Waals surface area contributed by atoms with Gasteiger partial charge in [0.1, 0.15) is 22.0 Å². The van der Waals surface area contributed by atoms with Crippen LogP contribution in [0.15, 0.2) is 84.1 Å². The van der Waals surface area contributed by atoms with Gasteiger partial charge < -0.3 is 24.8 Å². The van der Waals surface area contributed by atoms with Crippen molar-refractivity contribution in [2.75, 3.05) is 56.5 Å². The number of hydrogen-bond donors (Lipinski definition) is 3. The molecule has 5 heterocycles. The summed E-state index contributed by atoms with van der Waals surface area (Å²) in [4.78, 5) is 44.2. The molecule has 15 nitrogen and oxygen atoms in total. The minimum absolute atomic E-state index is 0.00476. The molecule has 5 aliphatic rings. The number of carbonyl (C=O) groups is 1. The van der Waals surface area contributed by atoms with E-state index in [9.17, 15) is 23.3 Å². The molecule has 1 amide bonds. The topological polar surface area (TPSA) is 179 Å². The maximum absolute atomic E-state index is 14.0. The fourth-order valence-electron chi connectivity index (χ4n) is 10.9. The van der Waals surface area contributed by atoms with E-state index in [0.29, 0.717) is 47.3 Å². The molecule has 1 atom stereocenters. The van der Waals surface area contributed by atoms with Crippen molar-refractivity contribution in [3.63, 3.8) is 0 Å². The van der Waals surface area contributed by atoms with Crippen LogP contribution in [0.3, 0.4) is 0 Å². The van der Waals surface area contributed by atoms with Crippen LogP contribution in [0.2, 0.25) is 0 Å². The molecule has 10 rings (SSSR count). The number of carbonyl (C=O) groups excluding carboxylic acids is 1. The van der Waals surface area contributed by atoms with Crippen molar-refractivity contribution in [1.29, 1.82) is 0 Å². The summed E-state index contributed by atoms with van der Waals surface area (Å²) in [7, 11) is -2.34. The van der Waals surface area contributed by atoms with Crippen LogP contribution in [0, 0.1) is 21.4 Å². The third-order valence-corrected chi connectivity index (χ3v) is 16.0. The number of sulfonamides is 1. The highest BCUT2D eigenvalue weighted by atomic mass is 32.2. The molecule has 2 aromatic carbocycles. The molecule has 0 radical (unpaired) electrons. The lowest BCUT2D eigenvalue weighted by Gasteiger charge is -2.58. The quantitative estimate of drug-likeness (QED) is 0.0761. The number of nitrogens with zero attached hydrogens (tertiary/aromatic N) is 6. The summed E-state index contributed by atoms with van der Waals surface area (Å²) in [6.45, 7) is 5.43. The lowest BCUT2D eigenvalue weighted by Crippen LogP contribution is -2.59. The largest absolute Gasteiger partial charge is 0.455 e. The van der Waals surface area contributed by atoms with Crippen molar-refractivity contribution >= 4 is 44.2 Å². The van der Waals surface area contributed by atoms with Gasteiger partial charge in [-0.3, -0.25) is 19.8 Å². The standard InChI is InChI=1S/C48H57N9O6S/c1-54-21-22-56(43(31-54)40-10-6-5-9-39(40)33-11-12-33)36-26-48(27-36)16-19-55(20-17-48)35-13-14-41(44(24-35)63-37-23-34-15-18-49-45(34)51-29-37)47(58)53-64(61,62)38-25-42(57(59)60)46(52-30-38)50-28-32-7-3-2-4-8-32/h5-6,9-10,13-15,18,23-25,29-30,32-33,36,43H,2-4,7-8,11-12,16-17,19-22,26-28,31H2,1H3,(H,49,51)(H,50,52)(H,53,58)/t43-/m1/s1. The molecule has 3 aromatic heterocycles. The average Bonchev–Trinajstić information content (AvgIpc) is 4.04. The third kappa shape index (κ3) is 8.79. The number of likely N-dealkylation sites (N-methyl/N-ethyl adjacent to an activating group) is 1. The number of pyridine rings is 2. The molecule has 3 N–H and O–H groups in total. The molecule has 2 aliphatic heterocycles. The molecule has 5 fully saturated rings. The second-order valence-corrected chi connectivity index (χ2v) is 20.6. The number of ether oxygens (including phenoxy) is 1. The van der Waals surface area contributed by atoms with E-state index in [-0.39, 0.29) is 17.1 Å². The maximum atomic E-state index is 14.0. The van der Waals surface area contributed by atoms with Gasteiger partial charge in [-0.25, -0.2) is 23.1 Å². The number of benzene rings is 2. The van der Waals surface area contributed by atoms with Gasteiger partial charge in [-0.2, -0.15) is 0 Å². The Labute approximate surface area is 374 Å². The molecule has 2 saturated heterocycles. The van der Waals surface area contributed by atoms with E-state index in [2.05, 4.69) is 71.0 Å². The number of rotatable bonds is 13. The van der Waals surface area contributed by atoms with Crippen LogP contribution in [-0.2, 0) is 10.0 Å². The first-order valence-electron chi connectivity index (χ1n) is 23.0. The fourth-order valence-corrected chi connectivity index (χ4v) is 11.8. The number of amides is 1. The van der Waals surface area contributed by atoms with Gasteiger partial charge in [0.05, 0.1) is 22.9 Å². The van der Waals surface area contributed by atoms with Gasteiger partial charge in [-0.1, -0.05) is 43.5 Å². The zero-order valence-corrected chi connectivity index (χ0v) is 37.2. The highest BCUT2D eigenvalue weighted by Crippen LogP contribution is 2.54. The number of aromatic nitrogens is 3. The smallest absolute Gasteiger partial charge is 0.312 e. The van der Waals surface area contributed by atoms with E-state index >= 15 is 0 Å². The van der Waals surface area contributed by atoms with E-state index in [1.54, 1.807) is 36.2 Å². The second kappa shape index (κ2) is 17.4. The van der Waals surface area contributed by atoms with Crippen LogP contribution < -0.4 is 19.7 Å². The summed E-state index contributed by atoms with van der Waals surface area (Å²) in [5, 5.41) is 16.0. The molecule has 0 bridgehead atoms. The predicted molar refractivity (Wildman–Crippen MR) is 245 cm³/mol. The van der Waals surface area contributed by atoms with Crippen LogP contribution in [0.5, 0.6) is 11.5 Å². The molecule has 64 heavy (non-hydrogen) atoms. The number of anilines is 2. The minimum atomic E-state index is -4.59. The Hall–Kier alpha value is -5.58. The Morgan fingerprint density at radius 2 is 1.72 bits per heavy atom. The average molecular weight is 888 g/mol. The van der Waals surface area contributed by atoms with E-state index in [1.807, 2.05) is 12.1 Å². The van der Waals surface area contributed by atoms with Crippen molar-refractivity contribution in [1.82, 2.24) is 29.5 Å². The lowest BCUT2D eigenvalue weighted by atomic mass is 9.59. The SMILES string of the molecule is CN1CCN(C2CC3(CCN(c4ccc(C(=O)NS(=O)(=O)c5cnc(NCC6CCCCC6)c([N+](=O)[O-])c5)c(Oc5cnc6[nH]ccc6c5)c4)CC3)C2)[C@@H](c2ccccc2C2CC2)C1. The van der Waals surface area contributed by atoms with E-state index in [1.165, 1.54) is 37.7 Å². The number of nitrogens with one attached hydrogen (secondary N) is 3. The van der Waals surface area contributed by atoms with Crippen molar-refractivity contribution in [2.24, 2.45) is 11.3 Å². The van der Waals surface area contributed by atoms with Crippen LogP contribution >= 0.6 is 0 Å². The first-order chi connectivity index (χ1) is 31.0. The van der Waals surface area contributed by atoms with Gasteiger partial charge in [-0.15, -0.1) is 0 Å². The number of piperidine rings is 1. The predicted octanol–water partition coefficient (Wildman–Crippen LogP) is 8.38. The van der Waals surface area contributed by atoms with Crippen LogP contribution in [0.4, 0.5) is 17.2 Å². The first-order valence-corrected chi connectivity index (χ1v) is 24.5. The monoisotopic (exact) mass is 887 g/mol. The number of H-pyrrole nitrogens is 1. The molecular formula is C48H57N9O6S. The first kappa shape index (κ1) is 42.4. The van der Waals surface area contributed by atoms with Crippen molar-refractivity contribution in [3.8, 4) is 11.5 Å². The number of piperazine rings is 1. The van der Waals surface area contributed by atoms with Gasteiger partial charge in [0.2, 0.25) is 5.82 Å². The zero-order chi connectivity index (χ0) is 44.0.